The van der Waals surface area contributed by atoms with Gasteiger partial charge in [-0.3, -0.25) is 9.79 Å². The Morgan fingerprint density at radius 1 is 1.48 bits per heavy atom. The van der Waals surface area contributed by atoms with Gasteiger partial charge in [-0.25, -0.2) is 8.42 Å². The first-order valence-electron chi connectivity index (χ1n) is 7.59. The van der Waals surface area contributed by atoms with Crippen LogP contribution in [0.4, 0.5) is 0 Å². The molecule has 1 fully saturated rings. The Morgan fingerprint density at radius 2 is 2.26 bits per heavy atom. The molecule has 5 nitrogen and oxygen atoms in total. The van der Waals surface area contributed by atoms with Crippen LogP contribution in [-0.2, 0) is 9.84 Å². The van der Waals surface area contributed by atoms with E-state index >= 15 is 0 Å². The summed E-state index contributed by atoms with van der Waals surface area (Å²) in [6.07, 6.45) is 0.633. The molecule has 1 aromatic heterocycles. The zero-order valence-corrected chi connectivity index (χ0v) is 15.7. The SMILES string of the molecule is Cc1cc(C(=O)CSC2=NCCS2)c(C)n1[C@H]1CCS(=O)(=O)C1. The number of aliphatic imine (C=N–C) groups is 1. The predicted molar refractivity (Wildman–Crippen MR) is 97.8 cm³/mol. The molecular weight excluding hydrogens is 352 g/mol. The highest BCUT2D eigenvalue weighted by molar-refractivity contribution is 8.39. The maximum Gasteiger partial charge on any atom is 0.174 e. The van der Waals surface area contributed by atoms with Crippen LogP contribution in [0.3, 0.4) is 0 Å². The highest BCUT2D eigenvalue weighted by Gasteiger charge is 2.31. The smallest absolute Gasteiger partial charge is 0.174 e. The lowest BCUT2D eigenvalue weighted by molar-refractivity contribution is 0.102. The Morgan fingerprint density at radius 3 is 2.87 bits per heavy atom. The van der Waals surface area contributed by atoms with Gasteiger partial charge in [-0.15, -0.1) is 0 Å². The Labute approximate surface area is 145 Å². The van der Waals surface area contributed by atoms with E-state index < -0.39 is 9.84 Å². The zero-order chi connectivity index (χ0) is 16.6. The summed E-state index contributed by atoms with van der Waals surface area (Å²) < 4.78 is 26.5. The fraction of sp³-hybridized carbons (Fsp3) is 0.600. The molecule has 0 N–H and O–H groups in total. The highest BCUT2D eigenvalue weighted by atomic mass is 32.2. The quantitative estimate of drug-likeness (QED) is 0.760. The molecule has 0 amide bonds. The summed E-state index contributed by atoms with van der Waals surface area (Å²) in [4.78, 5) is 16.9. The van der Waals surface area contributed by atoms with Crippen LogP contribution in [-0.4, -0.2) is 52.7 Å². The van der Waals surface area contributed by atoms with Gasteiger partial charge in [0.1, 0.15) is 4.38 Å². The molecule has 126 valence electrons. The number of Topliss-reactive ketones (excluding diaryl/α,β-unsaturated/α-hetero) is 1. The summed E-state index contributed by atoms with van der Waals surface area (Å²) >= 11 is 3.20. The number of sulfone groups is 1. The van der Waals surface area contributed by atoms with Crippen molar-refractivity contribution < 1.29 is 13.2 Å². The van der Waals surface area contributed by atoms with Crippen LogP contribution >= 0.6 is 23.5 Å². The number of thioether (sulfide) groups is 2. The van der Waals surface area contributed by atoms with Crippen LogP contribution < -0.4 is 0 Å². The summed E-state index contributed by atoms with van der Waals surface area (Å²) in [5.74, 6) is 1.90. The fourth-order valence-corrected chi connectivity index (χ4v) is 6.80. The molecule has 0 unspecified atom stereocenters. The van der Waals surface area contributed by atoms with Crippen LogP contribution in [0, 0.1) is 13.8 Å². The number of carbonyl (C=O) groups is 1. The summed E-state index contributed by atoms with van der Waals surface area (Å²) in [5, 5.41) is 0. The van der Waals surface area contributed by atoms with Crippen molar-refractivity contribution in [2.75, 3.05) is 29.6 Å². The molecule has 3 heterocycles. The lowest BCUT2D eigenvalue weighted by atomic mass is 10.2. The van der Waals surface area contributed by atoms with Gasteiger partial charge in [0, 0.05) is 28.7 Å². The molecule has 1 saturated heterocycles. The first-order chi connectivity index (χ1) is 10.9. The summed E-state index contributed by atoms with van der Waals surface area (Å²) in [5.41, 5.74) is 2.56. The first kappa shape index (κ1) is 17.1. The van der Waals surface area contributed by atoms with E-state index in [9.17, 15) is 13.2 Å². The molecule has 8 heteroatoms. The average molecular weight is 373 g/mol. The van der Waals surface area contributed by atoms with Gasteiger partial charge in [-0.2, -0.15) is 0 Å². The van der Waals surface area contributed by atoms with Gasteiger partial charge in [0.2, 0.25) is 0 Å². The Hall–Kier alpha value is -0.730. The molecule has 23 heavy (non-hydrogen) atoms. The summed E-state index contributed by atoms with van der Waals surface area (Å²) in [7, 11) is -2.94. The van der Waals surface area contributed by atoms with Crippen molar-refractivity contribution >= 4 is 43.5 Å². The van der Waals surface area contributed by atoms with Crippen LogP contribution in [0.5, 0.6) is 0 Å². The maximum absolute atomic E-state index is 12.5. The predicted octanol–water partition coefficient (Wildman–Crippen LogP) is 2.48. The van der Waals surface area contributed by atoms with Crippen molar-refractivity contribution in [3.63, 3.8) is 0 Å². The van der Waals surface area contributed by atoms with Gasteiger partial charge < -0.3 is 4.57 Å². The minimum Gasteiger partial charge on any atom is -0.344 e. The molecule has 2 aliphatic rings. The van der Waals surface area contributed by atoms with Crippen LogP contribution in [0.15, 0.2) is 11.1 Å². The number of aromatic nitrogens is 1. The number of rotatable bonds is 4. The van der Waals surface area contributed by atoms with E-state index in [-0.39, 0.29) is 23.3 Å². The molecule has 0 radical (unpaired) electrons. The van der Waals surface area contributed by atoms with Gasteiger partial charge >= 0.3 is 0 Å². The lowest BCUT2D eigenvalue weighted by Gasteiger charge is -2.16. The topological polar surface area (TPSA) is 68.5 Å². The third-order valence-electron chi connectivity index (χ3n) is 4.24. The zero-order valence-electron chi connectivity index (χ0n) is 13.2. The third kappa shape index (κ3) is 3.69. The average Bonchev–Trinajstić information content (AvgIpc) is 3.17. The van der Waals surface area contributed by atoms with Gasteiger partial charge in [0.05, 0.1) is 23.8 Å². The molecule has 3 rings (SSSR count). The second kappa shape index (κ2) is 6.64. The standard InChI is InChI=1S/C15H20N2O3S3/c1-10-7-13(14(18)8-22-15-16-4-5-21-15)11(2)17(10)12-3-6-23(19,20)9-12/h7,12H,3-6,8-9H2,1-2H3/t12-/m0/s1. The first-order valence-corrected chi connectivity index (χ1v) is 11.4. The Balaban J connectivity index is 1.76. The van der Waals surface area contributed by atoms with Crippen LogP contribution in [0.1, 0.15) is 34.2 Å². The number of ketones is 1. The van der Waals surface area contributed by atoms with E-state index in [1.54, 1.807) is 11.8 Å². The van der Waals surface area contributed by atoms with Crippen molar-refractivity contribution in [1.82, 2.24) is 4.57 Å². The minimum absolute atomic E-state index is 0.0380. The number of carbonyl (C=O) groups excluding carboxylic acids is 1. The number of hydrogen-bond acceptors (Lipinski definition) is 6. The molecule has 0 bridgehead atoms. The molecular formula is C15H20N2O3S3. The molecule has 1 aromatic rings. The number of nitrogens with zero attached hydrogens (tertiary/aromatic N) is 2. The van der Waals surface area contributed by atoms with E-state index in [1.807, 2.05) is 24.5 Å². The van der Waals surface area contributed by atoms with Crippen molar-refractivity contribution in [2.45, 2.75) is 26.3 Å². The van der Waals surface area contributed by atoms with E-state index in [1.165, 1.54) is 11.8 Å². The second-order valence-electron chi connectivity index (χ2n) is 5.92. The maximum atomic E-state index is 12.5. The molecule has 0 saturated carbocycles. The van der Waals surface area contributed by atoms with E-state index in [0.29, 0.717) is 17.7 Å². The summed E-state index contributed by atoms with van der Waals surface area (Å²) in [6.45, 7) is 4.70. The second-order valence-corrected chi connectivity index (χ2v) is 10.5. The van der Waals surface area contributed by atoms with Gasteiger partial charge in [-0.1, -0.05) is 23.5 Å². The van der Waals surface area contributed by atoms with E-state index in [0.717, 1.165) is 28.1 Å². The Bertz CT molecular complexity index is 765. The van der Waals surface area contributed by atoms with Gasteiger partial charge in [0.15, 0.2) is 15.6 Å². The van der Waals surface area contributed by atoms with Gasteiger partial charge in [-0.05, 0) is 26.3 Å². The molecule has 0 spiro atoms. The number of aryl methyl sites for hydroxylation is 1. The van der Waals surface area contributed by atoms with E-state index in [4.69, 9.17) is 0 Å². The monoisotopic (exact) mass is 372 g/mol. The fourth-order valence-electron chi connectivity index (χ4n) is 3.21. The van der Waals surface area contributed by atoms with Crippen molar-refractivity contribution in [3.05, 3.63) is 23.0 Å². The third-order valence-corrected chi connectivity index (χ3v) is 8.25. The molecule has 2 aliphatic heterocycles. The van der Waals surface area contributed by atoms with Gasteiger partial charge in [0.25, 0.3) is 0 Å². The summed E-state index contributed by atoms with van der Waals surface area (Å²) in [6, 6.07) is 1.86. The molecule has 0 aliphatic carbocycles. The van der Waals surface area contributed by atoms with Crippen LogP contribution in [0.2, 0.25) is 0 Å². The molecule has 0 aromatic carbocycles. The van der Waals surface area contributed by atoms with Crippen molar-refractivity contribution in [1.29, 1.82) is 0 Å². The van der Waals surface area contributed by atoms with Crippen molar-refractivity contribution in [2.24, 2.45) is 4.99 Å². The number of hydrogen-bond donors (Lipinski definition) is 0. The normalized spacial score (nSPS) is 23.2. The highest BCUT2D eigenvalue weighted by Crippen LogP contribution is 2.30. The van der Waals surface area contributed by atoms with E-state index in [2.05, 4.69) is 4.99 Å². The van der Waals surface area contributed by atoms with Crippen LogP contribution in [0.25, 0.3) is 0 Å². The molecule has 1 atom stereocenters. The minimum atomic E-state index is -2.94. The lowest BCUT2D eigenvalue weighted by Crippen LogP contribution is -2.14. The van der Waals surface area contributed by atoms with Crippen molar-refractivity contribution in [3.8, 4) is 0 Å². The Kier molecular flexibility index (Phi) is 4.94. The largest absolute Gasteiger partial charge is 0.344 e.